The lowest BCUT2D eigenvalue weighted by molar-refractivity contribution is -0.145. The molecule has 1 aliphatic carbocycles. The number of carbonyl (C=O) groups excluding carboxylic acids is 3. The lowest BCUT2D eigenvalue weighted by atomic mass is 9.96. The van der Waals surface area contributed by atoms with Crippen LogP contribution in [-0.2, 0) is 14.4 Å². The fraction of sp³-hybridized carbons (Fsp3) is 0.870. The third kappa shape index (κ3) is 6.45. The SMILES string of the molecule is CCC(C)C(NC(=O)C(C)C)C(=O)N1CCN(C(=O)CCC2CCCC2)C(C)C1. The minimum absolute atomic E-state index is 0.0155. The minimum atomic E-state index is -0.494. The normalized spacial score (nSPS) is 22.6. The highest BCUT2D eigenvalue weighted by atomic mass is 16.2. The lowest BCUT2D eigenvalue weighted by Crippen LogP contribution is -2.60. The van der Waals surface area contributed by atoms with E-state index in [1.54, 1.807) is 0 Å². The molecular weight excluding hydrogens is 366 g/mol. The predicted molar refractivity (Wildman–Crippen MR) is 115 cm³/mol. The molecule has 0 aromatic carbocycles. The van der Waals surface area contributed by atoms with Crippen LogP contribution in [0.2, 0.25) is 0 Å². The van der Waals surface area contributed by atoms with Crippen molar-refractivity contribution in [3.63, 3.8) is 0 Å². The molecule has 1 aliphatic heterocycles. The molecule has 1 saturated heterocycles. The van der Waals surface area contributed by atoms with E-state index in [1.165, 1.54) is 25.7 Å². The number of hydrogen-bond donors (Lipinski definition) is 1. The smallest absolute Gasteiger partial charge is 0.245 e. The Morgan fingerprint density at radius 3 is 2.28 bits per heavy atom. The molecule has 29 heavy (non-hydrogen) atoms. The number of nitrogens with zero attached hydrogens (tertiary/aromatic N) is 2. The van der Waals surface area contributed by atoms with Gasteiger partial charge in [-0.25, -0.2) is 0 Å². The molecule has 6 nitrogen and oxygen atoms in total. The highest BCUT2D eigenvalue weighted by Gasteiger charge is 2.35. The Bertz CT molecular complexity index is 572. The van der Waals surface area contributed by atoms with Gasteiger partial charge in [-0.3, -0.25) is 14.4 Å². The van der Waals surface area contributed by atoms with Crippen LogP contribution in [0.5, 0.6) is 0 Å². The summed E-state index contributed by atoms with van der Waals surface area (Å²) in [5.74, 6) is 0.769. The van der Waals surface area contributed by atoms with Gasteiger partial charge in [-0.1, -0.05) is 59.8 Å². The summed E-state index contributed by atoms with van der Waals surface area (Å²) in [5, 5.41) is 2.95. The quantitative estimate of drug-likeness (QED) is 0.672. The van der Waals surface area contributed by atoms with Gasteiger partial charge in [0.05, 0.1) is 0 Å². The third-order valence-electron chi connectivity index (χ3n) is 6.80. The summed E-state index contributed by atoms with van der Waals surface area (Å²) in [4.78, 5) is 41.9. The van der Waals surface area contributed by atoms with Crippen LogP contribution in [0.25, 0.3) is 0 Å². The van der Waals surface area contributed by atoms with Crippen molar-refractivity contribution in [1.82, 2.24) is 15.1 Å². The first-order valence-corrected chi connectivity index (χ1v) is 11.6. The van der Waals surface area contributed by atoms with Crippen LogP contribution < -0.4 is 5.32 Å². The molecule has 3 unspecified atom stereocenters. The van der Waals surface area contributed by atoms with Gasteiger partial charge in [-0.15, -0.1) is 0 Å². The number of amides is 3. The number of piperazine rings is 1. The summed E-state index contributed by atoms with van der Waals surface area (Å²) in [6.45, 7) is 11.4. The van der Waals surface area contributed by atoms with E-state index in [0.717, 1.165) is 18.8 Å². The molecule has 2 aliphatic rings. The average Bonchev–Trinajstić information content (AvgIpc) is 3.22. The maximum absolute atomic E-state index is 13.2. The zero-order chi connectivity index (χ0) is 21.6. The van der Waals surface area contributed by atoms with Crippen molar-refractivity contribution in [1.29, 1.82) is 0 Å². The van der Waals surface area contributed by atoms with E-state index in [2.05, 4.69) is 5.32 Å². The minimum Gasteiger partial charge on any atom is -0.344 e. The summed E-state index contributed by atoms with van der Waals surface area (Å²) in [7, 11) is 0. The first-order valence-electron chi connectivity index (χ1n) is 11.6. The number of hydrogen-bond acceptors (Lipinski definition) is 3. The first-order chi connectivity index (χ1) is 13.7. The van der Waals surface area contributed by atoms with Crippen molar-refractivity contribution >= 4 is 17.7 Å². The van der Waals surface area contributed by atoms with Crippen LogP contribution in [0.15, 0.2) is 0 Å². The van der Waals surface area contributed by atoms with Gasteiger partial charge in [0.15, 0.2) is 0 Å². The molecule has 1 saturated carbocycles. The summed E-state index contributed by atoms with van der Waals surface area (Å²) in [5.41, 5.74) is 0. The highest BCUT2D eigenvalue weighted by Crippen LogP contribution is 2.29. The molecule has 3 atom stereocenters. The zero-order valence-electron chi connectivity index (χ0n) is 19.1. The molecule has 0 aromatic heterocycles. The molecule has 0 spiro atoms. The van der Waals surface area contributed by atoms with E-state index in [4.69, 9.17) is 0 Å². The molecule has 1 heterocycles. The van der Waals surface area contributed by atoms with Gasteiger partial charge in [0.1, 0.15) is 6.04 Å². The van der Waals surface area contributed by atoms with E-state index in [-0.39, 0.29) is 35.6 Å². The van der Waals surface area contributed by atoms with Gasteiger partial charge in [0, 0.05) is 38.0 Å². The maximum Gasteiger partial charge on any atom is 0.245 e. The van der Waals surface area contributed by atoms with Crippen molar-refractivity contribution in [2.75, 3.05) is 19.6 Å². The lowest BCUT2D eigenvalue weighted by Gasteiger charge is -2.42. The fourth-order valence-electron chi connectivity index (χ4n) is 4.50. The van der Waals surface area contributed by atoms with E-state index < -0.39 is 6.04 Å². The Hall–Kier alpha value is -1.59. The predicted octanol–water partition coefficient (Wildman–Crippen LogP) is 3.20. The monoisotopic (exact) mass is 407 g/mol. The second-order valence-electron chi connectivity index (χ2n) is 9.44. The van der Waals surface area contributed by atoms with Crippen LogP contribution in [0, 0.1) is 17.8 Å². The van der Waals surface area contributed by atoms with Crippen LogP contribution in [-0.4, -0.2) is 59.2 Å². The van der Waals surface area contributed by atoms with E-state index >= 15 is 0 Å². The van der Waals surface area contributed by atoms with E-state index in [0.29, 0.717) is 26.1 Å². The molecule has 0 bridgehead atoms. The Morgan fingerprint density at radius 1 is 1.07 bits per heavy atom. The summed E-state index contributed by atoms with van der Waals surface area (Å²) in [6, 6.07) is -0.478. The van der Waals surface area contributed by atoms with Gasteiger partial charge in [0.25, 0.3) is 0 Å². The molecule has 1 N–H and O–H groups in total. The summed E-state index contributed by atoms with van der Waals surface area (Å²) < 4.78 is 0. The number of rotatable bonds is 8. The molecule has 0 radical (unpaired) electrons. The molecular formula is C23H41N3O3. The molecule has 2 rings (SSSR count). The Morgan fingerprint density at radius 2 is 1.72 bits per heavy atom. The first kappa shape index (κ1) is 23.7. The zero-order valence-corrected chi connectivity index (χ0v) is 19.1. The largest absolute Gasteiger partial charge is 0.344 e. The topological polar surface area (TPSA) is 69.7 Å². The summed E-state index contributed by atoms with van der Waals surface area (Å²) >= 11 is 0. The summed E-state index contributed by atoms with van der Waals surface area (Å²) in [6.07, 6.45) is 7.60. The van der Waals surface area contributed by atoms with E-state index in [1.807, 2.05) is 44.4 Å². The van der Waals surface area contributed by atoms with Crippen molar-refractivity contribution in [2.24, 2.45) is 17.8 Å². The molecule has 6 heteroatoms. The van der Waals surface area contributed by atoms with Crippen molar-refractivity contribution < 1.29 is 14.4 Å². The van der Waals surface area contributed by atoms with Gasteiger partial charge >= 0.3 is 0 Å². The van der Waals surface area contributed by atoms with E-state index in [9.17, 15) is 14.4 Å². The van der Waals surface area contributed by atoms with Gasteiger partial charge in [-0.05, 0) is 25.2 Å². The molecule has 0 aromatic rings. The molecule has 2 fully saturated rings. The second kappa shape index (κ2) is 11.0. The Balaban J connectivity index is 1.92. The van der Waals surface area contributed by atoms with Crippen LogP contribution in [0.1, 0.15) is 79.6 Å². The maximum atomic E-state index is 13.2. The van der Waals surface area contributed by atoms with Crippen molar-refractivity contribution in [3.8, 4) is 0 Å². The Labute approximate surface area is 176 Å². The standard InChI is InChI=1S/C23H41N3O3/c1-6-17(4)21(24-22(28)16(2)3)23(29)25-13-14-26(18(5)15-25)20(27)12-11-19-9-7-8-10-19/h16-19,21H,6-15H2,1-5H3,(H,24,28). The van der Waals surface area contributed by atoms with Crippen molar-refractivity contribution in [2.45, 2.75) is 91.6 Å². The van der Waals surface area contributed by atoms with Crippen molar-refractivity contribution in [3.05, 3.63) is 0 Å². The fourth-order valence-corrected chi connectivity index (χ4v) is 4.50. The van der Waals surface area contributed by atoms with Crippen LogP contribution in [0.4, 0.5) is 0 Å². The third-order valence-corrected chi connectivity index (χ3v) is 6.80. The Kier molecular flexibility index (Phi) is 8.97. The molecule has 166 valence electrons. The molecule has 3 amide bonds. The second-order valence-corrected chi connectivity index (χ2v) is 9.44. The van der Waals surface area contributed by atoms with Gasteiger partial charge < -0.3 is 15.1 Å². The average molecular weight is 408 g/mol. The van der Waals surface area contributed by atoms with Crippen LogP contribution in [0.3, 0.4) is 0 Å². The number of carbonyl (C=O) groups is 3. The van der Waals surface area contributed by atoms with Crippen LogP contribution >= 0.6 is 0 Å². The highest BCUT2D eigenvalue weighted by molar-refractivity contribution is 5.88. The van der Waals surface area contributed by atoms with Gasteiger partial charge in [0.2, 0.25) is 17.7 Å². The van der Waals surface area contributed by atoms with Gasteiger partial charge in [-0.2, -0.15) is 0 Å². The number of nitrogens with one attached hydrogen (secondary N) is 1.